The first-order chi connectivity index (χ1) is 8.21. The van der Waals surface area contributed by atoms with E-state index in [0.29, 0.717) is 12.8 Å². The molecule has 4 N–H and O–H groups in total. The second-order valence-corrected chi connectivity index (χ2v) is 6.24. The zero-order valence-electron chi connectivity index (χ0n) is 11.4. The summed E-state index contributed by atoms with van der Waals surface area (Å²) in [6, 6.07) is -0.462. The van der Waals surface area contributed by atoms with Gasteiger partial charge in [-0.15, -0.1) is 0 Å². The van der Waals surface area contributed by atoms with E-state index in [1.54, 1.807) is 0 Å². The Kier molecular flexibility index (Phi) is 4.73. The maximum atomic E-state index is 11.9. The van der Waals surface area contributed by atoms with E-state index in [1.165, 1.54) is 0 Å². The van der Waals surface area contributed by atoms with Crippen molar-refractivity contribution >= 4 is 11.9 Å². The molecule has 0 spiro atoms. The summed E-state index contributed by atoms with van der Waals surface area (Å²) >= 11 is 0. The minimum atomic E-state index is -0.730. The molecule has 0 aromatic heterocycles. The fraction of sp³-hybridized carbons (Fsp3) is 0.846. The average molecular weight is 256 g/mol. The van der Waals surface area contributed by atoms with E-state index in [4.69, 9.17) is 10.8 Å². The van der Waals surface area contributed by atoms with Crippen molar-refractivity contribution in [2.75, 3.05) is 0 Å². The molecule has 1 aliphatic carbocycles. The molecule has 0 heterocycles. The number of hydrogen-bond donors (Lipinski definition) is 3. The summed E-state index contributed by atoms with van der Waals surface area (Å²) in [4.78, 5) is 22.7. The van der Waals surface area contributed by atoms with Crippen LogP contribution in [0.5, 0.6) is 0 Å². The molecule has 0 aliphatic heterocycles. The molecule has 1 rings (SSSR count). The largest absolute Gasteiger partial charge is 0.481 e. The Hall–Kier alpha value is -1.10. The topological polar surface area (TPSA) is 92.4 Å². The summed E-state index contributed by atoms with van der Waals surface area (Å²) in [5.74, 6) is -1.12. The van der Waals surface area contributed by atoms with Crippen molar-refractivity contribution in [2.24, 2.45) is 17.1 Å². The van der Waals surface area contributed by atoms with Crippen LogP contribution in [0.3, 0.4) is 0 Å². The molecule has 1 atom stereocenters. The van der Waals surface area contributed by atoms with E-state index >= 15 is 0 Å². The first-order valence-corrected chi connectivity index (χ1v) is 6.50. The van der Waals surface area contributed by atoms with Crippen LogP contribution >= 0.6 is 0 Å². The third kappa shape index (κ3) is 3.98. The molecule has 0 radical (unpaired) electrons. The van der Waals surface area contributed by atoms with E-state index in [-0.39, 0.29) is 23.3 Å². The van der Waals surface area contributed by atoms with Crippen LogP contribution in [0.4, 0.5) is 0 Å². The van der Waals surface area contributed by atoms with Crippen molar-refractivity contribution < 1.29 is 14.7 Å². The smallest absolute Gasteiger partial charge is 0.306 e. The maximum absolute atomic E-state index is 11.9. The van der Waals surface area contributed by atoms with E-state index in [1.807, 2.05) is 20.8 Å². The first-order valence-electron chi connectivity index (χ1n) is 6.50. The average Bonchev–Trinajstić information content (AvgIpc) is 2.27. The normalized spacial score (nSPS) is 26.4. The van der Waals surface area contributed by atoms with E-state index in [2.05, 4.69) is 5.32 Å². The lowest BCUT2D eigenvalue weighted by Gasteiger charge is -2.31. The van der Waals surface area contributed by atoms with Gasteiger partial charge >= 0.3 is 5.97 Å². The second-order valence-electron chi connectivity index (χ2n) is 6.24. The predicted molar refractivity (Wildman–Crippen MR) is 69.0 cm³/mol. The van der Waals surface area contributed by atoms with Gasteiger partial charge in [-0.25, -0.2) is 0 Å². The van der Waals surface area contributed by atoms with Gasteiger partial charge in [0.2, 0.25) is 5.91 Å². The van der Waals surface area contributed by atoms with Crippen LogP contribution in [-0.2, 0) is 9.59 Å². The van der Waals surface area contributed by atoms with Crippen molar-refractivity contribution in [2.45, 2.75) is 58.5 Å². The first kappa shape index (κ1) is 15.0. The van der Waals surface area contributed by atoms with E-state index in [0.717, 1.165) is 12.8 Å². The number of hydrogen-bond acceptors (Lipinski definition) is 3. The Morgan fingerprint density at radius 1 is 1.22 bits per heavy atom. The minimum absolute atomic E-state index is 0.0708. The van der Waals surface area contributed by atoms with Crippen molar-refractivity contribution in [3.63, 3.8) is 0 Å². The number of carboxylic acids is 1. The second kappa shape index (κ2) is 5.69. The molecule has 0 aromatic carbocycles. The minimum Gasteiger partial charge on any atom is -0.481 e. The predicted octanol–water partition coefficient (Wildman–Crippen LogP) is 1.12. The molecule has 0 saturated heterocycles. The molecule has 18 heavy (non-hydrogen) atoms. The van der Waals surface area contributed by atoms with Crippen LogP contribution in [0.15, 0.2) is 0 Å². The van der Waals surface area contributed by atoms with Crippen LogP contribution in [0.25, 0.3) is 0 Å². The fourth-order valence-corrected chi connectivity index (χ4v) is 2.17. The maximum Gasteiger partial charge on any atom is 0.306 e. The molecular formula is C13H24N2O3. The van der Waals surface area contributed by atoms with Gasteiger partial charge in [0.1, 0.15) is 0 Å². The van der Waals surface area contributed by atoms with E-state index in [9.17, 15) is 9.59 Å². The lowest BCUT2D eigenvalue weighted by atomic mass is 9.84. The Bertz CT molecular complexity index is 315. The third-order valence-electron chi connectivity index (χ3n) is 3.64. The number of carbonyl (C=O) groups is 2. The molecule has 0 bridgehead atoms. The van der Waals surface area contributed by atoms with Gasteiger partial charge in [-0.1, -0.05) is 20.8 Å². The monoisotopic (exact) mass is 256 g/mol. The van der Waals surface area contributed by atoms with Gasteiger partial charge in [-0.3, -0.25) is 9.59 Å². The molecule has 104 valence electrons. The van der Waals surface area contributed by atoms with Gasteiger partial charge < -0.3 is 16.2 Å². The van der Waals surface area contributed by atoms with Gasteiger partial charge in [0, 0.05) is 6.04 Å². The number of amides is 1. The fourth-order valence-electron chi connectivity index (χ4n) is 2.17. The zero-order chi connectivity index (χ0) is 13.9. The standard InChI is InChI=1S/C13H24N2O3/c1-13(2,3)10(14)11(16)15-9-6-4-8(5-7-9)12(17)18/h8-10H,4-7,14H2,1-3H3,(H,15,16)(H,17,18)/t8?,9?,10-/m1/s1. The molecule has 1 saturated carbocycles. The zero-order valence-corrected chi connectivity index (χ0v) is 11.4. The molecule has 1 fully saturated rings. The highest BCUT2D eigenvalue weighted by molar-refractivity contribution is 5.82. The van der Waals surface area contributed by atoms with Crippen molar-refractivity contribution in [1.29, 1.82) is 0 Å². The highest BCUT2D eigenvalue weighted by Crippen LogP contribution is 2.25. The summed E-state index contributed by atoms with van der Waals surface area (Å²) in [6.45, 7) is 5.79. The van der Waals surface area contributed by atoms with Crippen molar-refractivity contribution in [1.82, 2.24) is 5.32 Å². The molecule has 0 unspecified atom stereocenters. The summed E-state index contributed by atoms with van der Waals surface area (Å²) in [7, 11) is 0. The molecule has 0 aromatic rings. The highest BCUT2D eigenvalue weighted by atomic mass is 16.4. The van der Waals surface area contributed by atoms with Crippen LogP contribution in [0.1, 0.15) is 46.5 Å². The molecular weight excluding hydrogens is 232 g/mol. The Morgan fingerprint density at radius 2 is 1.72 bits per heavy atom. The van der Waals surface area contributed by atoms with Crippen LogP contribution in [0.2, 0.25) is 0 Å². The number of rotatable bonds is 3. The lowest BCUT2D eigenvalue weighted by molar-refractivity contribution is -0.142. The van der Waals surface area contributed by atoms with Crippen molar-refractivity contribution in [3.8, 4) is 0 Å². The number of aliphatic carboxylic acids is 1. The highest BCUT2D eigenvalue weighted by Gasteiger charge is 2.31. The number of carboxylic acid groups (broad SMARTS) is 1. The number of nitrogens with one attached hydrogen (secondary N) is 1. The molecule has 5 heteroatoms. The van der Waals surface area contributed by atoms with Gasteiger partial charge in [0.25, 0.3) is 0 Å². The van der Waals surface area contributed by atoms with Gasteiger partial charge in [-0.05, 0) is 31.1 Å². The molecule has 1 amide bonds. The Balaban J connectivity index is 2.42. The van der Waals surface area contributed by atoms with Gasteiger partial charge in [-0.2, -0.15) is 0 Å². The van der Waals surface area contributed by atoms with Gasteiger partial charge in [0.05, 0.1) is 12.0 Å². The van der Waals surface area contributed by atoms with Gasteiger partial charge in [0.15, 0.2) is 0 Å². The Morgan fingerprint density at radius 3 is 2.11 bits per heavy atom. The molecule has 1 aliphatic rings. The summed E-state index contributed by atoms with van der Waals surface area (Å²) in [6.07, 6.45) is 2.70. The number of nitrogens with two attached hydrogens (primary N) is 1. The summed E-state index contributed by atoms with van der Waals surface area (Å²) < 4.78 is 0. The molecule has 5 nitrogen and oxygen atoms in total. The van der Waals surface area contributed by atoms with Crippen molar-refractivity contribution in [3.05, 3.63) is 0 Å². The van der Waals surface area contributed by atoms with Crippen LogP contribution < -0.4 is 11.1 Å². The quantitative estimate of drug-likeness (QED) is 0.705. The number of carbonyl (C=O) groups excluding carboxylic acids is 1. The van der Waals surface area contributed by atoms with Crippen LogP contribution in [0, 0.1) is 11.3 Å². The third-order valence-corrected chi connectivity index (χ3v) is 3.64. The van der Waals surface area contributed by atoms with Crippen LogP contribution in [-0.4, -0.2) is 29.1 Å². The summed E-state index contributed by atoms with van der Waals surface area (Å²) in [5, 5.41) is 11.8. The van der Waals surface area contributed by atoms with E-state index < -0.39 is 12.0 Å². The Labute approximate surface area is 108 Å². The SMILES string of the molecule is CC(C)(C)[C@H](N)C(=O)NC1CCC(C(=O)O)CC1. The summed E-state index contributed by atoms with van der Waals surface area (Å²) in [5.41, 5.74) is 5.62. The lowest BCUT2D eigenvalue weighted by Crippen LogP contribution is -2.52.